The molecule has 1 aliphatic heterocycles. The summed E-state index contributed by atoms with van der Waals surface area (Å²) >= 11 is 12.0. The fourth-order valence-corrected chi connectivity index (χ4v) is 5.13. The van der Waals surface area contributed by atoms with E-state index in [2.05, 4.69) is 25.7 Å². The standard InChI is InChI=1S/C31H30Cl2FN5O4/c1-41-29-17-23-26(18-30(29)42-14-4-13-39-11-2-3-12-39)35-10-9-27(23)43-28-8-7-22(16-25(28)34)37-31(40)38-36-19-20-5-6-21(32)15-24(20)33/h5-10,15-19H,2-4,11-14H2,1H3,(H2,37,38,40)/b36-19+. The fourth-order valence-electron chi connectivity index (χ4n) is 4.67. The number of hydrogen-bond acceptors (Lipinski definition) is 7. The lowest BCUT2D eigenvalue weighted by atomic mass is 10.1. The number of ether oxygens (including phenoxy) is 3. The first-order chi connectivity index (χ1) is 20.9. The maximum absolute atomic E-state index is 15.0. The van der Waals surface area contributed by atoms with Gasteiger partial charge in [-0.05, 0) is 68.8 Å². The maximum atomic E-state index is 15.0. The molecule has 224 valence electrons. The minimum absolute atomic E-state index is 0.0323. The van der Waals surface area contributed by atoms with Crippen LogP contribution in [0.5, 0.6) is 23.0 Å². The van der Waals surface area contributed by atoms with E-state index in [1.54, 1.807) is 49.7 Å². The van der Waals surface area contributed by atoms with Crippen LogP contribution >= 0.6 is 23.2 Å². The Morgan fingerprint density at radius 1 is 1.05 bits per heavy atom. The Hall–Kier alpha value is -4.12. The Balaban J connectivity index is 1.21. The number of halogens is 3. The number of amides is 2. The van der Waals surface area contributed by atoms with Crippen molar-refractivity contribution in [3.63, 3.8) is 0 Å². The van der Waals surface area contributed by atoms with Crippen LogP contribution < -0.4 is 25.0 Å². The minimum Gasteiger partial charge on any atom is -0.493 e. The highest BCUT2D eigenvalue weighted by molar-refractivity contribution is 6.36. The first kappa shape index (κ1) is 30.3. The molecule has 0 atom stereocenters. The van der Waals surface area contributed by atoms with Crippen LogP contribution in [0.15, 0.2) is 65.9 Å². The van der Waals surface area contributed by atoms with Crippen LogP contribution in [0.2, 0.25) is 10.0 Å². The normalized spacial score (nSPS) is 13.4. The molecule has 1 saturated heterocycles. The summed E-state index contributed by atoms with van der Waals surface area (Å²) in [5.41, 5.74) is 3.69. The van der Waals surface area contributed by atoms with Crippen molar-refractivity contribution < 1.29 is 23.4 Å². The molecule has 0 unspecified atom stereocenters. The number of nitrogens with one attached hydrogen (secondary N) is 2. The topological polar surface area (TPSA) is 97.3 Å². The molecule has 2 heterocycles. The number of methoxy groups -OCH3 is 1. The van der Waals surface area contributed by atoms with E-state index in [4.69, 9.17) is 37.4 Å². The second kappa shape index (κ2) is 14.4. The lowest BCUT2D eigenvalue weighted by Gasteiger charge is -2.16. The summed E-state index contributed by atoms with van der Waals surface area (Å²) in [6.45, 7) is 3.86. The number of anilines is 1. The number of hydrogen-bond donors (Lipinski definition) is 2. The van der Waals surface area contributed by atoms with Gasteiger partial charge in [0.25, 0.3) is 0 Å². The molecule has 0 saturated carbocycles. The molecule has 3 aromatic carbocycles. The SMILES string of the molecule is COc1cc2c(Oc3ccc(NC(=O)N/N=C/c4ccc(Cl)cc4Cl)cc3F)ccnc2cc1OCCCN1CCCC1. The molecule has 0 bridgehead atoms. The summed E-state index contributed by atoms with van der Waals surface area (Å²) in [4.78, 5) is 19.1. The van der Waals surface area contributed by atoms with Crippen molar-refractivity contribution in [3.8, 4) is 23.0 Å². The minimum atomic E-state index is -0.677. The average molecular weight is 627 g/mol. The van der Waals surface area contributed by atoms with Crippen molar-refractivity contribution in [2.75, 3.05) is 38.7 Å². The molecule has 4 aromatic rings. The van der Waals surface area contributed by atoms with Crippen LogP contribution in [-0.4, -0.2) is 55.5 Å². The van der Waals surface area contributed by atoms with Gasteiger partial charge in [-0.25, -0.2) is 14.6 Å². The van der Waals surface area contributed by atoms with Crippen molar-refractivity contribution >= 4 is 52.0 Å². The summed E-state index contributed by atoms with van der Waals surface area (Å²) < 4.78 is 32.5. The number of pyridine rings is 1. The Morgan fingerprint density at radius 3 is 2.65 bits per heavy atom. The van der Waals surface area contributed by atoms with Crippen LogP contribution in [-0.2, 0) is 0 Å². The zero-order valence-corrected chi connectivity index (χ0v) is 24.9. The molecule has 1 aromatic heterocycles. The highest BCUT2D eigenvalue weighted by Gasteiger charge is 2.15. The number of hydrazone groups is 1. The van der Waals surface area contributed by atoms with Gasteiger partial charge in [0, 0.05) is 46.5 Å². The second-order valence-electron chi connectivity index (χ2n) is 9.82. The molecule has 1 aliphatic rings. The van der Waals surface area contributed by atoms with Crippen molar-refractivity contribution in [1.82, 2.24) is 15.3 Å². The number of rotatable bonds is 11. The van der Waals surface area contributed by atoms with Crippen LogP contribution in [0.3, 0.4) is 0 Å². The lowest BCUT2D eigenvalue weighted by molar-refractivity contribution is 0.252. The maximum Gasteiger partial charge on any atom is 0.339 e. The third kappa shape index (κ3) is 8.04. The van der Waals surface area contributed by atoms with Crippen LogP contribution in [0.25, 0.3) is 10.9 Å². The van der Waals surface area contributed by atoms with Gasteiger partial charge in [-0.3, -0.25) is 4.98 Å². The predicted octanol–water partition coefficient (Wildman–Crippen LogP) is 7.50. The Bertz CT molecular complexity index is 1630. The first-order valence-electron chi connectivity index (χ1n) is 13.7. The molecule has 5 rings (SSSR count). The summed E-state index contributed by atoms with van der Waals surface area (Å²) in [6.07, 6.45) is 6.38. The van der Waals surface area contributed by atoms with E-state index in [1.165, 1.54) is 31.2 Å². The van der Waals surface area contributed by atoms with Crippen molar-refractivity contribution in [2.45, 2.75) is 19.3 Å². The van der Waals surface area contributed by atoms with E-state index in [-0.39, 0.29) is 11.4 Å². The fraction of sp³-hybridized carbons (Fsp3) is 0.258. The number of aromatic nitrogens is 1. The van der Waals surface area contributed by atoms with Gasteiger partial charge in [0.1, 0.15) is 5.75 Å². The lowest BCUT2D eigenvalue weighted by Crippen LogP contribution is -2.24. The number of benzene rings is 3. The molecular formula is C31H30Cl2FN5O4. The number of fused-ring (bicyclic) bond motifs is 1. The van der Waals surface area contributed by atoms with E-state index < -0.39 is 11.8 Å². The number of urea groups is 1. The van der Waals surface area contributed by atoms with Gasteiger partial charge >= 0.3 is 6.03 Å². The van der Waals surface area contributed by atoms with Crippen molar-refractivity contribution in [2.24, 2.45) is 5.10 Å². The summed E-state index contributed by atoms with van der Waals surface area (Å²) in [5.74, 6) is 0.788. The Kier molecular flexibility index (Phi) is 10.1. The number of carbonyl (C=O) groups is 1. The number of nitrogens with zero attached hydrogens (tertiary/aromatic N) is 3. The highest BCUT2D eigenvalue weighted by atomic mass is 35.5. The molecule has 1 fully saturated rings. The van der Waals surface area contributed by atoms with Gasteiger partial charge in [0.05, 0.1) is 30.5 Å². The number of carbonyl (C=O) groups excluding carboxylic acids is 1. The third-order valence-corrected chi connectivity index (χ3v) is 7.37. The quantitative estimate of drug-likeness (QED) is 0.102. The van der Waals surface area contributed by atoms with Crippen molar-refractivity contribution in [3.05, 3.63) is 82.2 Å². The zero-order valence-electron chi connectivity index (χ0n) is 23.4. The first-order valence-corrected chi connectivity index (χ1v) is 14.5. The molecular weight excluding hydrogens is 596 g/mol. The van der Waals surface area contributed by atoms with E-state index >= 15 is 4.39 Å². The largest absolute Gasteiger partial charge is 0.493 e. The van der Waals surface area contributed by atoms with Crippen LogP contribution in [0.1, 0.15) is 24.8 Å². The average Bonchev–Trinajstić information content (AvgIpc) is 3.51. The van der Waals surface area contributed by atoms with E-state index in [9.17, 15) is 4.79 Å². The van der Waals surface area contributed by atoms with Crippen molar-refractivity contribution in [1.29, 1.82) is 0 Å². The molecule has 0 spiro atoms. The van der Waals surface area contributed by atoms with Crippen LogP contribution in [0.4, 0.5) is 14.9 Å². The molecule has 2 amide bonds. The van der Waals surface area contributed by atoms with Gasteiger partial charge in [0.15, 0.2) is 23.1 Å². The molecule has 43 heavy (non-hydrogen) atoms. The van der Waals surface area contributed by atoms with Gasteiger partial charge in [-0.1, -0.05) is 29.3 Å². The van der Waals surface area contributed by atoms with E-state index in [1.807, 2.05) is 0 Å². The summed E-state index contributed by atoms with van der Waals surface area (Å²) in [7, 11) is 1.56. The summed E-state index contributed by atoms with van der Waals surface area (Å²) in [6, 6.07) is 13.5. The Morgan fingerprint density at radius 2 is 1.88 bits per heavy atom. The smallest absolute Gasteiger partial charge is 0.339 e. The van der Waals surface area contributed by atoms with E-state index in [0.29, 0.717) is 50.4 Å². The van der Waals surface area contributed by atoms with Gasteiger partial charge < -0.3 is 24.4 Å². The van der Waals surface area contributed by atoms with Crippen LogP contribution in [0, 0.1) is 5.82 Å². The van der Waals surface area contributed by atoms with Gasteiger partial charge in [0.2, 0.25) is 0 Å². The Labute approximate surface area is 258 Å². The molecule has 2 N–H and O–H groups in total. The monoisotopic (exact) mass is 625 g/mol. The number of likely N-dealkylation sites (tertiary alicyclic amines) is 1. The van der Waals surface area contributed by atoms with Gasteiger partial charge in [-0.2, -0.15) is 5.10 Å². The highest BCUT2D eigenvalue weighted by Crippen LogP contribution is 2.38. The zero-order chi connectivity index (χ0) is 30.2. The second-order valence-corrected chi connectivity index (χ2v) is 10.7. The summed E-state index contributed by atoms with van der Waals surface area (Å²) in [5, 5.41) is 7.86. The predicted molar refractivity (Wildman–Crippen MR) is 167 cm³/mol. The third-order valence-electron chi connectivity index (χ3n) is 6.80. The molecule has 9 nitrogen and oxygen atoms in total. The molecule has 0 aliphatic carbocycles. The molecule has 12 heteroatoms. The van der Waals surface area contributed by atoms with E-state index in [0.717, 1.165) is 32.1 Å². The van der Waals surface area contributed by atoms with Gasteiger partial charge in [-0.15, -0.1) is 0 Å². The molecule has 0 radical (unpaired) electrons.